The van der Waals surface area contributed by atoms with Crippen molar-refractivity contribution in [3.8, 4) is 46.5 Å². The van der Waals surface area contributed by atoms with Crippen molar-refractivity contribution >= 4 is 9.84 Å². The first-order valence-corrected chi connectivity index (χ1v) is 14.3. The standard InChI is InChI=1S/C29H28N6O6S/c1-18(28(41-5)23-10-9-19(13-30)11-20(23)14-31)42(36,37)17-26-33-34-29(21-12-22(38-2)16-32-15-21)35(26)27-24(39-3)7-6-8-25(27)40-4/h6-12,15-16,18,28H,17H2,1-5H3/t18-,28-/m0/s1. The molecule has 2 aromatic carbocycles. The highest BCUT2D eigenvalue weighted by atomic mass is 32.2. The molecule has 12 nitrogen and oxygen atoms in total. The second-order valence-electron chi connectivity index (χ2n) is 9.09. The first-order valence-electron chi connectivity index (χ1n) is 12.6. The van der Waals surface area contributed by atoms with Crippen molar-refractivity contribution in [3.05, 3.63) is 77.4 Å². The summed E-state index contributed by atoms with van der Waals surface area (Å²) in [5, 5.41) is 26.4. The zero-order valence-corrected chi connectivity index (χ0v) is 24.4. The Morgan fingerprint density at radius 1 is 0.929 bits per heavy atom. The van der Waals surface area contributed by atoms with Gasteiger partial charge < -0.3 is 18.9 Å². The number of benzene rings is 2. The fourth-order valence-corrected chi connectivity index (χ4v) is 6.02. The van der Waals surface area contributed by atoms with Crippen LogP contribution in [0.4, 0.5) is 0 Å². The van der Waals surface area contributed by atoms with Crippen LogP contribution in [-0.4, -0.2) is 61.9 Å². The lowest BCUT2D eigenvalue weighted by Gasteiger charge is -2.24. The molecule has 216 valence electrons. The Balaban J connectivity index is 1.86. The second kappa shape index (κ2) is 12.7. The molecule has 2 aromatic heterocycles. The van der Waals surface area contributed by atoms with Crippen LogP contribution >= 0.6 is 0 Å². The van der Waals surface area contributed by atoms with Gasteiger partial charge in [-0.25, -0.2) is 8.42 Å². The van der Waals surface area contributed by atoms with Gasteiger partial charge in [-0.1, -0.05) is 12.1 Å². The number of nitrogens with zero attached hydrogens (tertiary/aromatic N) is 6. The number of hydrogen-bond donors (Lipinski definition) is 0. The monoisotopic (exact) mass is 588 g/mol. The van der Waals surface area contributed by atoms with Crippen molar-refractivity contribution in [1.29, 1.82) is 10.5 Å². The second-order valence-corrected chi connectivity index (χ2v) is 11.5. The molecule has 2 heterocycles. The van der Waals surface area contributed by atoms with Crippen LogP contribution in [-0.2, 0) is 20.3 Å². The Morgan fingerprint density at radius 2 is 1.64 bits per heavy atom. The van der Waals surface area contributed by atoms with E-state index in [1.54, 1.807) is 35.0 Å². The maximum atomic E-state index is 13.9. The predicted octanol–water partition coefficient (Wildman–Crippen LogP) is 3.79. The molecule has 42 heavy (non-hydrogen) atoms. The number of aromatic nitrogens is 4. The third kappa shape index (κ3) is 5.74. The Hall–Kier alpha value is -4.98. The van der Waals surface area contributed by atoms with Crippen LogP contribution in [0.25, 0.3) is 17.1 Å². The van der Waals surface area contributed by atoms with Gasteiger partial charge in [0.1, 0.15) is 28.7 Å². The largest absolute Gasteiger partial charge is 0.495 e. The van der Waals surface area contributed by atoms with Crippen LogP contribution in [0.2, 0.25) is 0 Å². The number of methoxy groups -OCH3 is 4. The average molecular weight is 589 g/mol. The molecule has 0 saturated heterocycles. The molecular weight excluding hydrogens is 560 g/mol. The maximum absolute atomic E-state index is 13.9. The summed E-state index contributed by atoms with van der Waals surface area (Å²) in [6.07, 6.45) is 2.09. The number of rotatable bonds is 11. The van der Waals surface area contributed by atoms with E-state index in [-0.39, 0.29) is 22.8 Å². The summed E-state index contributed by atoms with van der Waals surface area (Å²) in [5.74, 6) is 1.07. The first kappa shape index (κ1) is 30.0. The molecule has 0 radical (unpaired) electrons. The fourth-order valence-electron chi connectivity index (χ4n) is 4.58. The van der Waals surface area contributed by atoms with E-state index in [2.05, 4.69) is 15.2 Å². The summed E-state index contributed by atoms with van der Waals surface area (Å²) < 4.78 is 51.6. The van der Waals surface area contributed by atoms with E-state index in [0.717, 1.165) is 0 Å². The van der Waals surface area contributed by atoms with Crippen molar-refractivity contribution in [2.75, 3.05) is 28.4 Å². The van der Waals surface area contributed by atoms with Crippen molar-refractivity contribution < 1.29 is 27.4 Å². The minimum atomic E-state index is -4.01. The summed E-state index contributed by atoms with van der Waals surface area (Å²) in [7, 11) is 1.84. The zero-order chi connectivity index (χ0) is 30.4. The summed E-state index contributed by atoms with van der Waals surface area (Å²) in [4.78, 5) is 4.21. The van der Waals surface area contributed by atoms with Gasteiger partial charge in [0.25, 0.3) is 0 Å². The maximum Gasteiger partial charge on any atom is 0.170 e. The Labute approximate surface area is 243 Å². The molecule has 0 unspecified atom stereocenters. The molecule has 2 atom stereocenters. The lowest BCUT2D eigenvalue weighted by Crippen LogP contribution is -2.29. The molecule has 0 fully saturated rings. The lowest BCUT2D eigenvalue weighted by atomic mass is 9.99. The number of pyridine rings is 1. The molecule has 0 aliphatic heterocycles. The van der Waals surface area contributed by atoms with Gasteiger partial charge in [0, 0.05) is 18.9 Å². The Bertz CT molecular complexity index is 1770. The van der Waals surface area contributed by atoms with Gasteiger partial charge in [-0.3, -0.25) is 9.55 Å². The van der Waals surface area contributed by atoms with Gasteiger partial charge >= 0.3 is 0 Å². The molecule has 4 aromatic rings. The average Bonchev–Trinajstić information content (AvgIpc) is 3.42. The first-order chi connectivity index (χ1) is 20.2. The van der Waals surface area contributed by atoms with Gasteiger partial charge in [0.05, 0.1) is 62.1 Å². The Kier molecular flexibility index (Phi) is 9.06. The summed E-state index contributed by atoms with van der Waals surface area (Å²) >= 11 is 0. The summed E-state index contributed by atoms with van der Waals surface area (Å²) in [5.41, 5.74) is 1.69. The fraction of sp³-hybridized carbons (Fsp3) is 0.276. The zero-order valence-electron chi connectivity index (χ0n) is 23.6. The van der Waals surface area contributed by atoms with Gasteiger partial charge in [0.15, 0.2) is 21.5 Å². The highest BCUT2D eigenvalue weighted by Gasteiger charge is 2.35. The predicted molar refractivity (Wildman–Crippen MR) is 152 cm³/mol. The molecule has 0 bridgehead atoms. The van der Waals surface area contributed by atoms with E-state index in [4.69, 9.17) is 18.9 Å². The van der Waals surface area contributed by atoms with Gasteiger partial charge in [-0.2, -0.15) is 10.5 Å². The van der Waals surface area contributed by atoms with Crippen LogP contribution in [0, 0.1) is 22.7 Å². The van der Waals surface area contributed by atoms with Crippen molar-refractivity contribution in [2.45, 2.75) is 24.0 Å². The van der Waals surface area contributed by atoms with Gasteiger partial charge in [-0.15, -0.1) is 10.2 Å². The number of nitriles is 2. The smallest absolute Gasteiger partial charge is 0.170 e. The normalized spacial score (nSPS) is 12.5. The van der Waals surface area contributed by atoms with Crippen molar-refractivity contribution in [1.82, 2.24) is 19.7 Å². The van der Waals surface area contributed by atoms with E-state index in [1.807, 2.05) is 12.1 Å². The molecule has 0 N–H and O–H groups in total. The summed E-state index contributed by atoms with van der Waals surface area (Å²) in [6.45, 7) is 1.50. The molecule has 0 aliphatic carbocycles. The number of sulfone groups is 1. The van der Waals surface area contributed by atoms with Crippen molar-refractivity contribution in [2.24, 2.45) is 0 Å². The quantitative estimate of drug-likeness (QED) is 0.250. The minimum Gasteiger partial charge on any atom is -0.495 e. The molecule has 0 spiro atoms. The molecule has 4 rings (SSSR count). The number of para-hydroxylation sites is 1. The SMILES string of the molecule is COc1cncc(-c2nnc(CS(=O)(=O)[C@@H](C)[C@H](OC)c3ccc(C#N)cc3C#N)n2-c2c(OC)cccc2OC)c1. The molecule has 0 aliphatic rings. The van der Waals surface area contributed by atoms with Crippen LogP contribution in [0.1, 0.15) is 35.5 Å². The Morgan fingerprint density at radius 3 is 2.24 bits per heavy atom. The third-order valence-corrected chi connectivity index (χ3v) is 8.79. The van der Waals surface area contributed by atoms with Crippen LogP contribution < -0.4 is 14.2 Å². The van der Waals surface area contributed by atoms with E-state index >= 15 is 0 Å². The highest BCUT2D eigenvalue weighted by Crippen LogP contribution is 2.38. The molecule has 13 heteroatoms. The van der Waals surface area contributed by atoms with Gasteiger partial charge in [-0.05, 0) is 42.8 Å². The minimum absolute atomic E-state index is 0.0812. The summed E-state index contributed by atoms with van der Waals surface area (Å²) in [6, 6.07) is 15.3. The van der Waals surface area contributed by atoms with E-state index in [1.165, 1.54) is 59.8 Å². The van der Waals surface area contributed by atoms with Gasteiger partial charge in [0.2, 0.25) is 0 Å². The highest BCUT2D eigenvalue weighted by molar-refractivity contribution is 7.91. The molecular formula is C29H28N6O6S. The van der Waals surface area contributed by atoms with Crippen LogP contribution in [0.15, 0.2) is 54.9 Å². The lowest BCUT2D eigenvalue weighted by molar-refractivity contribution is 0.102. The van der Waals surface area contributed by atoms with Crippen molar-refractivity contribution in [3.63, 3.8) is 0 Å². The van der Waals surface area contributed by atoms with Crippen LogP contribution in [0.3, 0.4) is 0 Å². The van der Waals surface area contributed by atoms with E-state index in [0.29, 0.717) is 34.1 Å². The number of hydrogen-bond acceptors (Lipinski definition) is 11. The van der Waals surface area contributed by atoms with E-state index in [9.17, 15) is 18.9 Å². The van der Waals surface area contributed by atoms with E-state index < -0.39 is 26.9 Å². The topological polar surface area (TPSA) is 162 Å². The third-order valence-electron chi connectivity index (χ3n) is 6.75. The van der Waals surface area contributed by atoms with Crippen LogP contribution in [0.5, 0.6) is 17.2 Å². The molecule has 0 amide bonds. The molecule has 0 saturated carbocycles. The number of ether oxygens (including phenoxy) is 4.